The fourth-order valence-electron chi connectivity index (χ4n) is 2.58. The molecule has 0 saturated heterocycles. The van der Waals surface area contributed by atoms with Crippen LogP contribution < -0.4 is 5.32 Å². The van der Waals surface area contributed by atoms with E-state index in [-0.39, 0.29) is 12.1 Å². The molecule has 4 heteroatoms. The molecular formula is C18H19N3O. The number of nitrogens with one attached hydrogen (secondary N) is 1. The molecule has 2 N–H and O–H groups in total. The summed E-state index contributed by atoms with van der Waals surface area (Å²) in [6, 6.07) is 9.87. The molecule has 0 spiro atoms. The van der Waals surface area contributed by atoms with Gasteiger partial charge in [0, 0.05) is 18.0 Å². The Balaban J connectivity index is 1.64. The van der Waals surface area contributed by atoms with Crippen molar-refractivity contribution in [1.82, 2.24) is 9.97 Å². The Kier molecular flexibility index (Phi) is 4.67. The molecular weight excluding hydrogens is 274 g/mol. The van der Waals surface area contributed by atoms with Crippen LogP contribution in [0.4, 0.5) is 5.95 Å². The van der Waals surface area contributed by atoms with Crippen molar-refractivity contribution in [2.75, 3.05) is 5.32 Å². The molecule has 22 heavy (non-hydrogen) atoms. The molecule has 1 fully saturated rings. The zero-order chi connectivity index (χ0) is 15.2. The van der Waals surface area contributed by atoms with Gasteiger partial charge in [-0.1, -0.05) is 42.9 Å². The third kappa shape index (κ3) is 3.84. The van der Waals surface area contributed by atoms with Gasteiger partial charge in [-0.15, -0.1) is 0 Å². The van der Waals surface area contributed by atoms with Crippen LogP contribution >= 0.6 is 0 Å². The van der Waals surface area contributed by atoms with Gasteiger partial charge in [0.15, 0.2) is 0 Å². The first-order chi connectivity index (χ1) is 10.8. The van der Waals surface area contributed by atoms with Crippen molar-refractivity contribution < 1.29 is 5.11 Å². The van der Waals surface area contributed by atoms with Gasteiger partial charge in [-0.25, -0.2) is 9.97 Å². The van der Waals surface area contributed by atoms with E-state index in [9.17, 15) is 5.11 Å². The molecule has 0 bridgehead atoms. The summed E-state index contributed by atoms with van der Waals surface area (Å²) in [4.78, 5) is 8.57. The number of aliphatic hydroxyl groups is 1. The molecule has 2 unspecified atom stereocenters. The zero-order valence-electron chi connectivity index (χ0n) is 12.4. The van der Waals surface area contributed by atoms with Crippen LogP contribution in [-0.2, 0) is 0 Å². The van der Waals surface area contributed by atoms with Gasteiger partial charge < -0.3 is 10.4 Å². The highest BCUT2D eigenvalue weighted by Gasteiger charge is 2.23. The van der Waals surface area contributed by atoms with E-state index >= 15 is 0 Å². The quantitative estimate of drug-likeness (QED) is 0.836. The first-order valence-electron chi connectivity index (χ1n) is 7.65. The normalized spacial score (nSPS) is 20.8. The van der Waals surface area contributed by atoms with Crippen LogP contribution in [-0.4, -0.2) is 27.2 Å². The fraction of sp³-hybridized carbons (Fsp3) is 0.333. The summed E-state index contributed by atoms with van der Waals surface area (Å²) in [7, 11) is 0. The fourth-order valence-corrected chi connectivity index (χ4v) is 2.58. The van der Waals surface area contributed by atoms with Gasteiger partial charge in [0.1, 0.15) is 0 Å². The molecule has 2 atom stereocenters. The Bertz CT molecular complexity index is 658. The lowest BCUT2D eigenvalue weighted by Gasteiger charge is -2.28. The first-order valence-corrected chi connectivity index (χ1v) is 7.65. The average molecular weight is 293 g/mol. The van der Waals surface area contributed by atoms with Crippen LogP contribution in [0.2, 0.25) is 0 Å². The van der Waals surface area contributed by atoms with Crippen molar-refractivity contribution in [3.63, 3.8) is 0 Å². The third-order valence-corrected chi connectivity index (χ3v) is 3.82. The number of rotatable bonds is 2. The van der Waals surface area contributed by atoms with Gasteiger partial charge >= 0.3 is 0 Å². The summed E-state index contributed by atoms with van der Waals surface area (Å²) in [5.41, 5.74) is 1.74. The van der Waals surface area contributed by atoms with E-state index in [4.69, 9.17) is 0 Å². The van der Waals surface area contributed by atoms with Gasteiger partial charge in [-0.2, -0.15) is 0 Å². The minimum absolute atomic E-state index is 0.0509. The van der Waals surface area contributed by atoms with Crippen molar-refractivity contribution in [2.45, 2.75) is 37.8 Å². The SMILES string of the molecule is OC1CCCCC1Nc1ncc(C#Cc2ccccc2)cn1. The molecule has 0 amide bonds. The van der Waals surface area contributed by atoms with Crippen molar-refractivity contribution in [3.05, 3.63) is 53.9 Å². The molecule has 1 aliphatic rings. The molecule has 112 valence electrons. The van der Waals surface area contributed by atoms with Crippen LogP contribution in [0.15, 0.2) is 42.7 Å². The number of hydrogen-bond acceptors (Lipinski definition) is 4. The van der Waals surface area contributed by atoms with Crippen LogP contribution in [0, 0.1) is 11.8 Å². The molecule has 1 aliphatic carbocycles. The van der Waals surface area contributed by atoms with E-state index < -0.39 is 0 Å². The highest BCUT2D eigenvalue weighted by atomic mass is 16.3. The predicted molar refractivity (Wildman–Crippen MR) is 86.3 cm³/mol. The zero-order valence-corrected chi connectivity index (χ0v) is 12.4. The number of hydrogen-bond donors (Lipinski definition) is 2. The van der Waals surface area contributed by atoms with Gasteiger partial charge in [0.25, 0.3) is 0 Å². The second-order valence-electron chi connectivity index (χ2n) is 5.51. The summed E-state index contributed by atoms with van der Waals surface area (Å²) in [5, 5.41) is 13.2. The van der Waals surface area contributed by atoms with Crippen LogP contribution in [0.5, 0.6) is 0 Å². The highest BCUT2D eigenvalue weighted by molar-refractivity contribution is 5.42. The van der Waals surface area contributed by atoms with E-state index in [1.807, 2.05) is 30.3 Å². The highest BCUT2D eigenvalue weighted by Crippen LogP contribution is 2.20. The lowest BCUT2D eigenvalue weighted by atomic mass is 9.93. The van der Waals surface area contributed by atoms with Crippen molar-refractivity contribution in [2.24, 2.45) is 0 Å². The predicted octanol–water partition coefficient (Wildman–Crippen LogP) is 2.59. The largest absolute Gasteiger partial charge is 0.391 e. The summed E-state index contributed by atoms with van der Waals surface area (Å²) >= 11 is 0. The van der Waals surface area contributed by atoms with Gasteiger partial charge in [0.05, 0.1) is 17.7 Å². The van der Waals surface area contributed by atoms with E-state index in [1.165, 1.54) is 0 Å². The molecule has 1 saturated carbocycles. The Morgan fingerprint density at radius 2 is 1.64 bits per heavy atom. The van der Waals surface area contributed by atoms with Gasteiger partial charge in [-0.3, -0.25) is 0 Å². The standard InChI is InChI=1S/C18H19N3O/c22-17-9-5-4-8-16(17)21-18-19-12-15(13-20-18)11-10-14-6-2-1-3-7-14/h1-3,6-7,12-13,16-17,22H,4-5,8-9H2,(H,19,20,21). The van der Waals surface area contributed by atoms with E-state index in [1.54, 1.807) is 12.4 Å². The lowest BCUT2D eigenvalue weighted by Crippen LogP contribution is -2.36. The van der Waals surface area contributed by atoms with Crippen molar-refractivity contribution >= 4 is 5.95 Å². The monoisotopic (exact) mass is 293 g/mol. The Labute approximate surface area is 130 Å². The molecule has 1 aromatic carbocycles. The minimum Gasteiger partial charge on any atom is -0.391 e. The first kappa shape index (κ1) is 14.6. The number of aromatic nitrogens is 2. The number of benzene rings is 1. The number of aliphatic hydroxyl groups excluding tert-OH is 1. The van der Waals surface area contributed by atoms with Crippen LogP contribution in [0.1, 0.15) is 36.8 Å². The molecule has 3 rings (SSSR count). The van der Waals surface area contributed by atoms with E-state index in [2.05, 4.69) is 27.1 Å². The van der Waals surface area contributed by atoms with Gasteiger partial charge in [-0.05, 0) is 25.0 Å². The molecule has 1 aromatic heterocycles. The van der Waals surface area contributed by atoms with Crippen LogP contribution in [0.25, 0.3) is 0 Å². The summed E-state index contributed by atoms with van der Waals surface area (Å²) in [6.07, 6.45) is 7.14. The number of nitrogens with zero attached hydrogens (tertiary/aromatic N) is 2. The summed E-state index contributed by atoms with van der Waals surface area (Å²) in [6.45, 7) is 0. The maximum absolute atomic E-state index is 9.95. The summed E-state index contributed by atoms with van der Waals surface area (Å²) < 4.78 is 0. The molecule has 0 radical (unpaired) electrons. The molecule has 0 aliphatic heterocycles. The Hall–Kier alpha value is -2.38. The molecule has 1 heterocycles. The van der Waals surface area contributed by atoms with E-state index in [0.29, 0.717) is 5.95 Å². The van der Waals surface area contributed by atoms with Crippen molar-refractivity contribution in [3.8, 4) is 11.8 Å². The average Bonchev–Trinajstić information content (AvgIpc) is 2.57. The second kappa shape index (κ2) is 7.06. The maximum atomic E-state index is 9.95. The van der Waals surface area contributed by atoms with Crippen LogP contribution in [0.3, 0.4) is 0 Å². The second-order valence-corrected chi connectivity index (χ2v) is 5.51. The van der Waals surface area contributed by atoms with E-state index in [0.717, 1.165) is 36.8 Å². The maximum Gasteiger partial charge on any atom is 0.222 e. The minimum atomic E-state index is -0.310. The topological polar surface area (TPSA) is 58.0 Å². The molecule has 4 nitrogen and oxygen atoms in total. The third-order valence-electron chi connectivity index (χ3n) is 3.82. The molecule has 2 aromatic rings. The number of anilines is 1. The summed E-state index contributed by atoms with van der Waals surface area (Å²) in [5.74, 6) is 6.68. The lowest BCUT2D eigenvalue weighted by molar-refractivity contribution is 0.116. The Morgan fingerprint density at radius 1 is 0.955 bits per heavy atom. The Morgan fingerprint density at radius 3 is 2.36 bits per heavy atom. The van der Waals surface area contributed by atoms with Gasteiger partial charge in [0.2, 0.25) is 5.95 Å². The van der Waals surface area contributed by atoms with Crippen molar-refractivity contribution in [1.29, 1.82) is 0 Å². The smallest absolute Gasteiger partial charge is 0.222 e.